The van der Waals surface area contributed by atoms with E-state index >= 15 is 0 Å². The summed E-state index contributed by atoms with van der Waals surface area (Å²) in [4.78, 5) is 0. The first-order valence-electron chi connectivity index (χ1n) is 6.51. The van der Waals surface area contributed by atoms with Crippen molar-refractivity contribution in [3.63, 3.8) is 0 Å². The van der Waals surface area contributed by atoms with E-state index in [9.17, 15) is 4.39 Å². The van der Waals surface area contributed by atoms with Crippen molar-refractivity contribution in [2.24, 2.45) is 0 Å². The van der Waals surface area contributed by atoms with Gasteiger partial charge in [0.2, 0.25) is 0 Å². The third-order valence-corrected chi connectivity index (χ3v) is 2.66. The smallest absolute Gasteiger partial charge is 0.165 e. The zero-order chi connectivity index (χ0) is 13.2. The number of rotatable bonds is 9. The highest BCUT2D eigenvalue weighted by Gasteiger charge is 2.09. The summed E-state index contributed by atoms with van der Waals surface area (Å²) >= 11 is 0. The van der Waals surface area contributed by atoms with Crippen LogP contribution in [-0.4, -0.2) is 24.9 Å². The zero-order valence-electron chi connectivity index (χ0n) is 10.9. The minimum Gasteiger partial charge on any atom is -0.490 e. The van der Waals surface area contributed by atoms with Crippen LogP contribution >= 0.6 is 0 Å². The van der Waals surface area contributed by atoms with Gasteiger partial charge in [-0.2, -0.15) is 0 Å². The molecular weight excluding hydrogens is 233 g/mol. The molecule has 0 unspecified atom stereocenters. The number of hydrogen-bond acceptors (Lipinski definition) is 3. The lowest BCUT2D eigenvalue weighted by molar-refractivity contribution is 0.260. The number of aliphatic hydroxyl groups excluding tert-OH is 1. The Labute approximate surface area is 108 Å². The molecule has 0 saturated carbocycles. The number of halogens is 1. The summed E-state index contributed by atoms with van der Waals surface area (Å²) in [5.74, 6) is 0.0370. The molecule has 18 heavy (non-hydrogen) atoms. The van der Waals surface area contributed by atoms with E-state index in [1.165, 1.54) is 6.07 Å². The zero-order valence-corrected chi connectivity index (χ0v) is 10.9. The summed E-state index contributed by atoms with van der Waals surface area (Å²) in [6.07, 6.45) is 2.49. The molecule has 0 amide bonds. The minimum absolute atomic E-state index is 0.200. The molecule has 0 atom stereocenters. The average molecular weight is 255 g/mol. The molecule has 1 aromatic carbocycles. The van der Waals surface area contributed by atoms with Crippen LogP contribution in [0.5, 0.6) is 5.75 Å². The second-order valence-electron chi connectivity index (χ2n) is 4.14. The average Bonchev–Trinajstić information content (AvgIpc) is 2.38. The van der Waals surface area contributed by atoms with Gasteiger partial charge in [0.25, 0.3) is 0 Å². The Kier molecular flexibility index (Phi) is 7.37. The van der Waals surface area contributed by atoms with Crippen molar-refractivity contribution in [1.29, 1.82) is 0 Å². The van der Waals surface area contributed by atoms with Gasteiger partial charge in [-0.15, -0.1) is 0 Å². The second-order valence-corrected chi connectivity index (χ2v) is 4.14. The number of unbranched alkanes of at least 4 members (excludes halogenated alkanes) is 2. The summed E-state index contributed by atoms with van der Waals surface area (Å²) in [6.45, 7) is 4.15. The van der Waals surface area contributed by atoms with Crippen molar-refractivity contribution < 1.29 is 14.2 Å². The first-order chi connectivity index (χ1) is 8.79. The first-order valence-corrected chi connectivity index (χ1v) is 6.51. The molecule has 0 aromatic heterocycles. The van der Waals surface area contributed by atoms with Gasteiger partial charge in [0.05, 0.1) is 6.61 Å². The van der Waals surface area contributed by atoms with Crippen LogP contribution in [0.2, 0.25) is 0 Å². The highest BCUT2D eigenvalue weighted by Crippen LogP contribution is 2.22. The molecule has 0 bridgehead atoms. The van der Waals surface area contributed by atoms with Crippen molar-refractivity contribution in [2.45, 2.75) is 32.7 Å². The number of hydrogen-bond donors (Lipinski definition) is 2. The number of nitrogens with one attached hydrogen (secondary N) is 1. The van der Waals surface area contributed by atoms with Crippen LogP contribution in [0.1, 0.15) is 31.7 Å². The molecule has 0 aliphatic rings. The van der Waals surface area contributed by atoms with E-state index in [1.807, 2.05) is 13.0 Å². The molecular formula is C14H22FNO2. The Morgan fingerprint density at radius 2 is 2.11 bits per heavy atom. The van der Waals surface area contributed by atoms with E-state index < -0.39 is 0 Å². The fourth-order valence-corrected chi connectivity index (χ4v) is 1.68. The maximum absolute atomic E-state index is 13.7. The molecule has 3 nitrogen and oxygen atoms in total. The Morgan fingerprint density at radius 3 is 2.83 bits per heavy atom. The summed E-state index contributed by atoms with van der Waals surface area (Å²) in [7, 11) is 0. The van der Waals surface area contributed by atoms with E-state index in [1.54, 1.807) is 6.07 Å². The van der Waals surface area contributed by atoms with Gasteiger partial charge in [0, 0.05) is 18.7 Å². The highest BCUT2D eigenvalue weighted by molar-refractivity contribution is 5.34. The number of benzene rings is 1. The van der Waals surface area contributed by atoms with Crippen LogP contribution in [0, 0.1) is 5.82 Å². The molecule has 1 aromatic rings. The summed E-state index contributed by atoms with van der Waals surface area (Å²) < 4.78 is 19.2. The highest BCUT2D eigenvalue weighted by atomic mass is 19.1. The Balaban J connectivity index is 2.50. The van der Waals surface area contributed by atoms with E-state index in [2.05, 4.69) is 5.32 Å². The van der Waals surface area contributed by atoms with Crippen molar-refractivity contribution in [2.75, 3.05) is 19.8 Å². The summed E-state index contributed by atoms with van der Waals surface area (Å²) in [6, 6.07) is 4.98. The molecule has 0 aliphatic heterocycles. The molecule has 102 valence electrons. The SMILES string of the molecule is CCNCc1cccc(F)c1OCCCCCO. The molecule has 0 fully saturated rings. The predicted molar refractivity (Wildman–Crippen MR) is 70.2 cm³/mol. The minimum atomic E-state index is -0.312. The fourth-order valence-electron chi connectivity index (χ4n) is 1.68. The molecule has 0 heterocycles. The van der Waals surface area contributed by atoms with Crippen LogP contribution in [0.25, 0.3) is 0 Å². The fraction of sp³-hybridized carbons (Fsp3) is 0.571. The Bertz CT molecular complexity index is 345. The number of ether oxygens (including phenoxy) is 1. The van der Waals surface area contributed by atoms with Gasteiger partial charge in [-0.05, 0) is 31.9 Å². The van der Waals surface area contributed by atoms with E-state index in [0.29, 0.717) is 18.9 Å². The molecule has 0 saturated heterocycles. The summed E-state index contributed by atoms with van der Waals surface area (Å²) in [5, 5.41) is 11.8. The number of aliphatic hydroxyl groups is 1. The predicted octanol–water partition coefficient (Wildman–Crippen LogP) is 2.48. The van der Waals surface area contributed by atoms with E-state index in [0.717, 1.165) is 31.4 Å². The van der Waals surface area contributed by atoms with Crippen molar-refractivity contribution >= 4 is 0 Å². The molecule has 2 N–H and O–H groups in total. The maximum Gasteiger partial charge on any atom is 0.165 e. The largest absolute Gasteiger partial charge is 0.490 e. The Morgan fingerprint density at radius 1 is 1.28 bits per heavy atom. The second kappa shape index (κ2) is 8.89. The van der Waals surface area contributed by atoms with Crippen molar-refractivity contribution in [3.05, 3.63) is 29.6 Å². The lowest BCUT2D eigenvalue weighted by Crippen LogP contribution is -2.13. The van der Waals surface area contributed by atoms with Crippen molar-refractivity contribution in [3.8, 4) is 5.75 Å². The maximum atomic E-state index is 13.7. The Hall–Kier alpha value is -1.13. The van der Waals surface area contributed by atoms with Crippen LogP contribution in [0.4, 0.5) is 4.39 Å². The van der Waals surface area contributed by atoms with Crippen LogP contribution < -0.4 is 10.1 Å². The molecule has 4 heteroatoms. The van der Waals surface area contributed by atoms with Gasteiger partial charge in [-0.3, -0.25) is 0 Å². The van der Waals surface area contributed by atoms with Gasteiger partial charge < -0.3 is 15.2 Å². The van der Waals surface area contributed by atoms with E-state index in [-0.39, 0.29) is 12.4 Å². The van der Waals surface area contributed by atoms with Crippen molar-refractivity contribution in [1.82, 2.24) is 5.32 Å². The normalized spacial score (nSPS) is 10.6. The summed E-state index contributed by atoms with van der Waals surface area (Å²) in [5.41, 5.74) is 0.846. The number of para-hydroxylation sites is 1. The topological polar surface area (TPSA) is 41.5 Å². The van der Waals surface area contributed by atoms with Crippen LogP contribution in [0.3, 0.4) is 0 Å². The van der Waals surface area contributed by atoms with Crippen LogP contribution in [0.15, 0.2) is 18.2 Å². The van der Waals surface area contributed by atoms with Gasteiger partial charge in [0.1, 0.15) is 0 Å². The standard InChI is InChI=1S/C14H22FNO2/c1-2-16-11-12-7-6-8-13(15)14(12)18-10-5-3-4-9-17/h6-8,16-17H,2-5,9-11H2,1H3. The van der Waals surface area contributed by atoms with Crippen LogP contribution in [-0.2, 0) is 6.54 Å². The monoisotopic (exact) mass is 255 g/mol. The van der Waals surface area contributed by atoms with Gasteiger partial charge in [0.15, 0.2) is 11.6 Å². The van der Waals surface area contributed by atoms with Gasteiger partial charge in [-0.1, -0.05) is 19.1 Å². The van der Waals surface area contributed by atoms with Gasteiger partial charge >= 0.3 is 0 Å². The first kappa shape index (κ1) is 14.9. The third kappa shape index (κ3) is 5.02. The lowest BCUT2D eigenvalue weighted by atomic mass is 10.2. The quantitative estimate of drug-likeness (QED) is 0.666. The lowest BCUT2D eigenvalue weighted by Gasteiger charge is -2.12. The van der Waals surface area contributed by atoms with Gasteiger partial charge in [-0.25, -0.2) is 4.39 Å². The van der Waals surface area contributed by atoms with E-state index in [4.69, 9.17) is 9.84 Å². The molecule has 0 radical (unpaired) electrons. The molecule has 1 rings (SSSR count). The third-order valence-electron chi connectivity index (χ3n) is 2.66. The molecule has 0 aliphatic carbocycles. The molecule has 0 spiro atoms.